The maximum atomic E-state index is 5.68. The summed E-state index contributed by atoms with van der Waals surface area (Å²) in [6.07, 6.45) is 2.40. The standard InChI is InChI=1S/C9H15N3S/c1-6-8(12-9(10)13-6)7-2-4-11-5-3-7/h7,11H,2-5H2,1H3,(H2,10,12). The van der Waals surface area contributed by atoms with Crippen LogP contribution in [0.3, 0.4) is 0 Å². The summed E-state index contributed by atoms with van der Waals surface area (Å²) >= 11 is 1.61. The van der Waals surface area contributed by atoms with Gasteiger partial charge in [0.2, 0.25) is 0 Å². The van der Waals surface area contributed by atoms with Gasteiger partial charge >= 0.3 is 0 Å². The summed E-state index contributed by atoms with van der Waals surface area (Å²) in [4.78, 5) is 5.70. The number of hydrogen-bond acceptors (Lipinski definition) is 4. The molecule has 1 aliphatic rings. The fourth-order valence-electron chi connectivity index (χ4n) is 1.90. The highest BCUT2D eigenvalue weighted by molar-refractivity contribution is 7.15. The van der Waals surface area contributed by atoms with Crippen LogP contribution in [0.1, 0.15) is 29.3 Å². The predicted molar refractivity (Wildman–Crippen MR) is 56.1 cm³/mol. The molecule has 2 heterocycles. The van der Waals surface area contributed by atoms with Crippen LogP contribution in [0.25, 0.3) is 0 Å². The third kappa shape index (κ3) is 1.84. The smallest absolute Gasteiger partial charge is 0.180 e. The summed E-state index contributed by atoms with van der Waals surface area (Å²) in [6, 6.07) is 0. The van der Waals surface area contributed by atoms with Gasteiger partial charge in [-0.1, -0.05) is 0 Å². The van der Waals surface area contributed by atoms with Gasteiger partial charge in [-0.2, -0.15) is 0 Å². The molecule has 3 N–H and O–H groups in total. The van der Waals surface area contributed by atoms with Gasteiger partial charge in [0.05, 0.1) is 5.69 Å². The molecule has 0 atom stereocenters. The maximum Gasteiger partial charge on any atom is 0.180 e. The first-order valence-electron chi connectivity index (χ1n) is 4.71. The van der Waals surface area contributed by atoms with Gasteiger partial charge in [-0.25, -0.2) is 4.98 Å². The number of thiazole rings is 1. The molecule has 0 amide bonds. The minimum absolute atomic E-state index is 0.634. The molecule has 0 saturated carbocycles. The van der Waals surface area contributed by atoms with Crippen molar-refractivity contribution in [1.82, 2.24) is 10.3 Å². The van der Waals surface area contributed by atoms with E-state index in [-0.39, 0.29) is 0 Å². The van der Waals surface area contributed by atoms with Gasteiger partial charge in [0.15, 0.2) is 5.13 Å². The molecule has 2 rings (SSSR count). The number of nitrogens with one attached hydrogen (secondary N) is 1. The summed E-state index contributed by atoms with van der Waals surface area (Å²) in [5.41, 5.74) is 6.92. The molecule has 0 aromatic carbocycles. The van der Waals surface area contributed by atoms with Crippen molar-refractivity contribution in [3.8, 4) is 0 Å². The van der Waals surface area contributed by atoms with Crippen LogP contribution in [0.2, 0.25) is 0 Å². The van der Waals surface area contributed by atoms with Gasteiger partial charge in [0.1, 0.15) is 0 Å². The zero-order chi connectivity index (χ0) is 9.26. The molecule has 0 bridgehead atoms. The lowest BCUT2D eigenvalue weighted by atomic mass is 9.94. The van der Waals surface area contributed by atoms with Gasteiger partial charge in [-0.15, -0.1) is 11.3 Å². The first kappa shape index (κ1) is 8.97. The predicted octanol–water partition coefficient (Wildman–Crippen LogP) is 1.50. The number of piperidine rings is 1. The molecule has 1 aromatic rings. The van der Waals surface area contributed by atoms with Crippen molar-refractivity contribution in [2.75, 3.05) is 18.8 Å². The van der Waals surface area contributed by atoms with Crippen LogP contribution < -0.4 is 11.1 Å². The quantitative estimate of drug-likeness (QED) is 0.717. The SMILES string of the molecule is Cc1sc(N)nc1C1CCNCC1. The number of nitrogen functional groups attached to an aromatic ring is 1. The van der Waals surface area contributed by atoms with E-state index in [1.807, 2.05) is 0 Å². The lowest BCUT2D eigenvalue weighted by Gasteiger charge is -2.21. The van der Waals surface area contributed by atoms with E-state index in [1.54, 1.807) is 11.3 Å². The second-order valence-corrected chi connectivity index (χ2v) is 4.75. The van der Waals surface area contributed by atoms with E-state index in [4.69, 9.17) is 5.73 Å². The van der Waals surface area contributed by atoms with E-state index in [2.05, 4.69) is 17.2 Å². The Kier molecular flexibility index (Phi) is 2.51. The Balaban J connectivity index is 2.18. The van der Waals surface area contributed by atoms with E-state index in [0.717, 1.165) is 13.1 Å². The first-order valence-corrected chi connectivity index (χ1v) is 5.52. The summed E-state index contributed by atoms with van der Waals surface area (Å²) < 4.78 is 0. The maximum absolute atomic E-state index is 5.68. The average molecular weight is 197 g/mol. The Hall–Kier alpha value is -0.610. The topological polar surface area (TPSA) is 50.9 Å². The minimum atomic E-state index is 0.634. The molecule has 1 aliphatic heterocycles. The number of nitrogens with zero attached hydrogens (tertiary/aromatic N) is 1. The molecular formula is C9H15N3S. The molecule has 3 nitrogen and oxygen atoms in total. The molecule has 0 unspecified atom stereocenters. The molecule has 4 heteroatoms. The van der Waals surface area contributed by atoms with E-state index < -0.39 is 0 Å². The zero-order valence-electron chi connectivity index (χ0n) is 7.84. The van der Waals surface area contributed by atoms with Crippen LogP contribution in [0.5, 0.6) is 0 Å². The van der Waals surface area contributed by atoms with Crippen LogP contribution in [0.4, 0.5) is 5.13 Å². The number of aromatic nitrogens is 1. The largest absolute Gasteiger partial charge is 0.375 e. The third-order valence-electron chi connectivity index (χ3n) is 2.57. The minimum Gasteiger partial charge on any atom is -0.375 e. The number of hydrogen-bond donors (Lipinski definition) is 2. The van der Waals surface area contributed by atoms with Gasteiger partial charge in [-0.3, -0.25) is 0 Å². The summed E-state index contributed by atoms with van der Waals surface area (Å²) in [6.45, 7) is 4.34. The summed E-state index contributed by atoms with van der Waals surface area (Å²) in [7, 11) is 0. The lowest BCUT2D eigenvalue weighted by Crippen LogP contribution is -2.27. The van der Waals surface area contributed by atoms with E-state index in [0.29, 0.717) is 11.0 Å². The van der Waals surface area contributed by atoms with Gasteiger partial charge in [0, 0.05) is 10.8 Å². The Morgan fingerprint density at radius 2 is 2.15 bits per heavy atom. The summed E-state index contributed by atoms with van der Waals surface area (Å²) in [5.74, 6) is 0.634. The Bertz CT molecular complexity index is 289. The Morgan fingerprint density at radius 1 is 1.46 bits per heavy atom. The van der Waals surface area contributed by atoms with Crippen LogP contribution in [-0.2, 0) is 0 Å². The monoisotopic (exact) mass is 197 g/mol. The number of aryl methyl sites for hydroxylation is 1. The lowest BCUT2D eigenvalue weighted by molar-refractivity contribution is 0.453. The molecule has 72 valence electrons. The second-order valence-electron chi connectivity index (χ2n) is 3.52. The van der Waals surface area contributed by atoms with Crippen molar-refractivity contribution in [1.29, 1.82) is 0 Å². The Labute approximate surface area is 82.4 Å². The van der Waals surface area contributed by atoms with Gasteiger partial charge in [0.25, 0.3) is 0 Å². The van der Waals surface area contributed by atoms with Gasteiger partial charge in [-0.05, 0) is 32.9 Å². The number of nitrogens with two attached hydrogens (primary N) is 1. The highest BCUT2D eigenvalue weighted by Crippen LogP contribution is 2.31. The fourth-order valence-corrected chi connectivity index (χ4v) is 2.68. The average Bonchev–Trinajstić information content (AvgIpc) is 2.47. The normalized spacial score (nSPS) is 19.2. The zero-order valence-corrected chi connectivity index (χ0v) is 8.66. The molecule has 0 aliphatic carbocycles. The van der Waals surface area contributed by atoms with Gasteiger partial charge < -0.3 is 11.1 Å². The summed E-state index contributed by atoms with van der Waals surface area (Å²) in [5, 5.41) is 4.07. The highest BCUT2D eigenvalue weighted by atomic mass is 32.1. The fraction of sp³-hybridized carbons (Fsp3) is 0.667. The van der Waals surface area contributed by atoms with E-state index in [1.165, 1.54) is 23.4 Å². The van der Waals surface area contributed by atoms with Crippen molar-refractivity contribution in [2.24, 2.45) is 0 Å². The number of rotatable bonds is 1. The van der Waals surface area contributed by atoms with Crippen LogP contribution in [-0.4, -0.2) is 18.1 Å². The molecule has 1 aromatic heterocycles. The highest BCUT2D eigenvalue weighted by Gasteiger charge is 2.19. The van der Waals surface area contributed by atoms with Crippen molar-refractivity contribution in [2.45, 2.75) is 25.7 Å². The van der Waals surface area contributed by atoms with Crippen LogP contribution >= 0.6 is 11.3 Å². The second kappa shape index (κ2) is 3.64. The molecule has 0 spiro atoms. The van der Waals surface area contributed by atoms with E-state index >= 15 is 0 Å². The van der Waals surface area contributed by atoms with E-state index in [9.17, 15) is 0 Å². The Morgan fingerprint density at radius 3 is 2.69 bits per heavy atom. The van der Waals surface area contributed by atoms with Crippen molar-refractivity contribution in [3.63, 3.8) is 0 Å². The van der Waals surface area contributed by atoms with Crippen LogP contribution in [0.15, 0.2) is 0 Å². The first-order chi connectivity index (χ1) is 6.27. The number of anilines is 1. The molecule has 1 saturated heterocycles. The molecule has 0 radical (unpaired) electrons. The van der Waals surface area contributed by atoms with Crippen molar-refractivity contribution in [3.05, 3.63) is 10.6 Å². The molecule has 13 heavy (non-hydrogen) atoms. The molecule has 1 fully saturated rings. The van der Waals surface area contributed by atoms with Crippen molar-refractivity contribution < 1.29 is 0 Å². The van der Waals surface area contributed by atoms with Crippen LogP contribution in [0, 0.1) is 6.92 Å². The van der Waals surface area contributed by atoms with Crippen molar-refractivity contribution >= 4 is 16.5 Å². The third-order valence-corrected chi connectivity index (χ3v) is 3.39. The molecular weight excluding hydrogens is 182 g/mol.